The van der Waals surface area contributed by atoms with Crippen molar-refractivity contribution in [1.29, 1.82) is 0 Å². The van der Waals surface area contributed by atoms with Gasteiger partial charge in [0.2, 0.25) is 0 Å². The zero-order valence-corrected chi connectivity index (χ0v) is 11.3. The number of rotatable bonds is 4. The van der Waals surface area contributed by atoms with Gasteiger partial charge in [-0.25, -0.2) is 13.8 Å². The molecule has 2 N–H and O–H groups in total. The van der Waals surface area contributed by atoms with E-state index in [9.17, 15) is 8.78 Å². The minimum atomic E-state index is -0.672. The van der Waals surface area contributed by atoms with E-state index in [1.54, 1.807) is 7.05 Å². The Morgan fingerprint density at radius 2 is 2.00 bits per heavy atom. The first-order valence-electron chi connectivity index (χ1n) is 5.97. The summed E-state index contributed by atoms with van der Waals surface area (Å²) in [6.45, 7) is 0. The van der Waals surface area contributed by atoms with Crippen LogP contribution in [0.2, 0.25) is 0 Å². The van der Waals surface area contributed by atoms with Gasteiger partial charge < -0.3 is 10.6 Å². The highest BCUT2D eigenvalue weighted by molar-refractivity contribution is 7.99. The Kier molecular flexibility index (Phi) is 4.27. The van der Waals surface area contributed by atoms with Crippen molar-refractivity contribution in [3.8, 4) is 0 Å². The first-order valence-corrected chi connectivity index (χ1v) is 7.26. The summed E-state index contributed by atoms with van der Waals surface area (Å²) in [6.07, 6.45) is 5.21. The Hall–Kier alpha value is -1.04. The smallest absolute Gasteiger partial charge is 0.168 e. The number of nitrogens with one attached hydrogen (secondary N) is 2. The molecular weight excluding hydrogens is 256 g/mol. The first-order chi connectivity index (χ1) is 8.63. The van der Waals surface area contributed by atoms with Crippen molar-refractivity contribution in [2.24, 2.45) is 0 Å². The first kappa shape index (κ1) is 13.4. The fourth-order valence-electron chi connectivity index (χ4n) is 2.22. The molecule has 18 heavy (non-hydrogen) atoms. The fourth-order valence-corrected chi connectivity index (χ4v) is 3.02. The van der Waals surface area contributed by atoms with Crippen LogP contribution in [0.3, 0.4) is 0 Å². The molecule has 100 valence electrons. The van der Waals surface area contributed by atoms with Gasteiger partial charge in [0.15, 0.2) is 23.3 Å². The Morgan fingerprint density at radius 3 is 2.61 bits per heavy atom. The SMILES string of the molecule is CNc1nc(NC2CCC(SC)C2)c(F)cc1F. The molecule has 1 aromatic heterocycles. The maximum atomic E-state index is 13.6. The largest absolute Gasteiger partial charge is 0.371 e. The second-order valence-corrected chi connectivity index (χ2v) is 5.55. The molecule has 6 heteroatoms. The Balaban J connectivity index is 2.09. The van der Waals surface area contributed by atoms with Crippen LogP contribution in [0.25, 0.3) is 0 Å². The van der Waals surface area contributed by atoms with E-state index in [-0.39, 0.29) is 17.7 Å². The summed E-state index contributed by atoms with van der Waals surface area (Å²) in [5, 5.41) is 6.30. The van der Waals surface area contributed by atoms with E-state index in [4.69, 9.17) is 0 Å². The van der Waals surface area contributed by atoms with Crippen molar-refractivity contribution in [2.75, 3.05) is 23.9 Å². The quantitative estimate of drug-likeness (QED) is 0.884. The summed E-state index contributed by atoms with van der Waals surface area (Å²) in [7, 11) is 1.56. The summed E-state index contributed by atoms with van der Waals surface area (Å²) < 4.78 is 26.9. The molecule has 0 saturated heterocycles. The lowest BCUT2D eigenvalue weighted by molar-refractivity contribution is 0.575. The summed E-state index contributed by atoms with van der Waals surface area (Å²) in [6, 6.07) is 1.09. The molecule has 2 rings (SSSR count). The van der Waals surface area contributed by atoms with Crippen LogP contribution in [0.15, 0.2) is 6.07 Å². The molecule has 1 heterocycles. The van der Waals surface area contributed by atoms with Crippen LogP contribution in [0.5, 0.6) is 0 Å². The van der Waals surface area contributed by atoms with Crippen molar-refractivity contribution < 1.29 is 8.78 Å². The minimum absolute atomic E-state index is 0.0679. The topological polar surface area (TPSA) is 37.0 Å². The van der Waals surface area contributed by atoms with Gasteiger partial charge >= 0.3 is 0 Å². The predicted molar refractivity (Wildman–Crippen MR) is 72.3 cm³/mol. The van der Waals surface area contributed by atoms with Crippen LogP contribution >= 0.6 is 11.8 Å². The van der Waals surface area contributed by atoms with Crippen molar-refractivity contribution in [2.45, 2.75) is 30.6 Å². The van der Waals surface area contributed by atoms with E-state index in [1.165, 1.54) is 0 Å². The maximum Gasteiger partial charge on any atom is 0.168 e. The highest BCUT2D eigenvalue weighted by atomic mass is 32.2. The molecule has 2 atom stereocenters. The standard InChI is InChI=1S/C12H17F2N3S/c1-15-11-9(13)6-10(14)12(17-11)16-7-3-4-8(5-7)18-2/h6-8H,3-5H2,1-2H3,(H2,15,16,17). The van der Waals surface area contributed by atoms with Gasteiger partial charge in [-0.05, 0) is 25.5 Å². The molecule has 0 radical (unpaired) electrons. The van der Waals surface area contributed by atoms with E-state index >= 15 is 0 Å². The minimum Gasteiger partial charge on any atom is -0.371 e. The van der Waals surface area contributed by atoms with Crippen LogP contribution in [0.4, 0.5) is 20.4 Å². The van der Waals surface area contributed by atoms with Gasteiger partial charge in [0, 0.05) is 24.4 Å². The number of hydrogen-bond donors (Lipinski definition) is 2. The van der Waals surface area contributed by atoms with E-state index in [0.29, 0.717) is 5.25 Å². The highest BCUT2D eigenvalue weighted by Gasteiger charge is 2.25. The molecular formula is C12H17F2N3S. The molecule has 0 aliphatic heterocycles. The molecule has 1 fully saturated rings. The monoisotopic (exact) mass is 273 g/mol. The molecule has 0 bridgehead atoms. The molecule has 0 aromatic carbocycles. The van der Waals surface area contributed by atoms with Crippen LogP contribution in [0, 0.1) is 11.6 Å². The average molecular weight is 273 g/mol. The van der Waals surface area contributed by atoms with Crippen LogP contribution in [-0.4, -0.2) is 29.6 Å². The van der Waals surface area contributed by atoms with Crippen molar-refractivity contribution in [3.63, 3.8) is 0 Å². The van der Waals surface area contributed by atoms with Gasteiger partial charge in [0.05, 0.1) is 0 Å². The van der Waals surface area contributed by atoms with Gasteiger partial charge in [-0.15, -0.1) is 0 Å². The summed E-state index contributed by atoms with van der Waals surface area (Å²) >= 11 is 1.83. The second kappa shape index (κ2) is 5.73. The number of halogens is 2. The Bertz CT molecular complexity index is 428. The zero-order chi connectivity index (χ0) is 13.1. The lowest BCUT2D eigenvalue weighted by Crippen LogP contribution is -2.18. The van der Waals surface area contributed by atoms with Gasteiger partial charge in [-0.2, -0.15) is 11.8 Å². The van der Waals surface area contributed by atoms with Gasteiger partial charge in [0.25, 0.3) is 0 Å². The molecule has 0 spiro atoms. The van der Waals surface area contributed by atoms with Gasteiger partial charge in [-0.3, -0.25) is 0 Å². The van der Waals surface area contributed by atoms with Crippen molar-refractivity contribution >= 4 is 23.4 Å². The third-order valence-corrected chi connectivity index (χ3v) is 4.32. The summed E-state index contributed by atoms with van der Waals surface area (Å²) in [5.41, 5.74) is 0. The van der Waals surface area contributed by atoms with Crippen LogP contribution in [-0.2, 0) is 0 Å². The average Bonchev–Trinajstić information content (AvgIpc) is 2.80. The third-order valence-electron chi connectivity index (χ3n) is 3.22. The lowest BCUT2D eigenvalue weighted by atomic mass is 10.2. The summed E-state index contributed by atoms with van der Waals surface area (Å²) in [4.78, 5) is 3.93. The number of nitrogens with zero attached hydrogens (tertiary/aromatic N) is 1. The molecule has 1 aromatic rings. The van der Waals surface area contributed by atoms with E-state index in [2.05, 4.69) is 21.9 Å². The van der Waals surface area contributed by atoms with E-state index < -0.39 is 11.6 Å². The summed E-state index contributed by atoms with van der Waals surface area (Å²) in [5.74, 6) is -1.11. The number of hydrogen-bond acceptors (Lipinski definition) is 4. The fraction of sp³-hybridized carbons (Fsp3) is 0.583. The van der Waals surface area contributed by atoms with Gasteiger partial charge in [0.1, 0.15) is 0 Å². The normalized spacial score (nSPS) is 23.1. The molecule has 1 aliphatic rings. The number of pyridine rings is 1. The number of aromatic nitrogens is 1. The van der Waals surface area contributed by atoms with Crippen molar-refractivity contribution in [1.82, 2.24) is 4.98 Å². The third kappa shape index (κ3) is 2.85. The molecule has 2 unspecified atom stereocenters. The van der Waals surface area contributed by atoms with E-state index in [1.807, 2.05) is 11.8 Å². The van der Waals surface area contributed by atoms with Gasteiger partial charge in [-0.1, -0.05) is 0 Å². The highest BCUT2D eigenvalue weighted by Crippen LogP contribution is 2.30. The second-order valence-electron chi connectivity index (χ2n) is 4.41. The maximum absolute atomic E-state index is 13.6. The Morgan fingerprint density at radius 1 is 1.28 bits per heavy atom. The zero-order valence-electron chi connectivity index (χ0n) is 10.5. The number of thioether (sulfide) groups is 1. The molecule has 3 nitrogen and oxygen atoms in total. The van der Waals surface area contributed by atoms with E-state index in [0.717, 1.165) is 25.3 Å². The van der Waals surface area contributed by atoms with Crippen LogP contribution < -0.4 is 10.6 Å². The predicted octanol–water partition coefficient (Wildman–Crippen LogP) is 3.10. The lowest BCUT2D eigenvalue weighted by Gasteiger charge is -2.15. The van der Waals surface area contributed by atoms with Crippen molar-refractivity contribution in [3.05, 3.63) is 17.7 Å². The van der Waals surface area contributed by atoms with Crippen LogP contribution in [0.1, 0.15) is 19.3 Å². The molecule has 1 saturated carbocycles. The Labute approximate surface area is 110 Å². The number of anilines is 2. The molecule has 0 amide bonds. The molecule has 1 aliphatic carbocycles.